The number of hydrogen-bond acceptors (Lipinski definition) is 5. The van der Waals surface area contributed by atoms with Gasteiger partial charge in [-0.2, -0.15) is 0 Å². The van der Waals surface area contributed by atoms with Crippen molar-refractivity contribution in [1.29, 1.82) is 0 Å². The van der Waals surface area contributed by atoms with E-state index in [9.17, 15) is 9.90 Å². The molecule has 0 aliphatic carbocycles. The first kappa shape index (κ1) is 17.3. The van der Waals surface area contributed by atoms with Gasteiger partial charge in [0.2, 0.25) is 0 Å². The van der Waals surface area contributed by atoms with E-state index in [1.807, 2.05) is 11.1 Å². The summed E-state index contributed by atoms with van der Waals surface area (Å²) in [5.74, 6) is 0.144. The highest BCUT2D eigenvalue weighted by Gasteiger charge is 2.45. The first-order valence-electron chi connectivity index (χ1n) is 9.32. The molecule has 7 nitrogen and oxygen atoms in total. The first-order chi connectivity index (χ1) is 12.7. The molecule has 2 aromatic rings. The number of carbonyl (C=O) groups excluding carboxylic acids is 1. The minimum Gasteiger partial charge on any atom is -0.472 e. The van der Waals surface area contributed by atoms with Crippen molar-refractivity contribution in [3.05, 3.63) is 42.4 Å². The lowest BCUT2D eigenvalue weighted by Crippen LogP contribution is -2.54. The number of H-pyrrole nitrogens is 1. The Morgan fingerprint density at radius 3 is 2.81 bits per heavy atom. The monoisotopic (exact) mass is 358 g/mol. The lowest BCUT2D eigenvalue weighted by Gasteiger charge is -2.51. The largest absolute Gasteiger partial charge is 0.472 e. The number of aliphatic hydroxyl groups is 1. The molecule has 2 aliphatic rings. The molecule has 26 heavy (non-hydrogen) atoms. The highest BCUT2D eigenvalue weighted by atomic mass is 16.3. The van der Waals surface area contributed by atoms with E-state index in [-0.39, 0.29) is 23.8 Å². The van der Waals surface area contributed by atoms with Gasteiger partial charge in [0.1, 0.15) is 6.26 Å². The van der Waals surface area contributed by atoms with Gasteiger partial charge in [0.15, 0.2) is 0 Å². The zero-order valence-electron chi connectivity index (χ0n) is 14.9. The van der Waals surface area contributed by atoms with E-state index in [2.05, 4.69) is 14.9 Å². The van der Waals surface area contributed by atoms with Crippen LogP contribution in [0.2, 0.25) is 0 Å². The number of nitrogens with one attached hydrogen (secondary N) is 1. The molecule has 1 spiro atoms. The Morgan fingerprint density at radius 1 is 1.35 bits per heavy atom. The van der Waals surface area contributed by atoms with Crippen molar-refractivity contribution in [3.8, 4) is 0 Å². The van der Waals surface area contributed by atoms with Crippen LogP contribution in [-0.4, -0.2) is 63.6 Å². The van der Waals surface area contributed by atoms with Crippen molar-refractivity contribution in [3.63, 3.8) is 0 Å². The van der Waals surface area contributed by atoms with Crippen molar-refractivity contribution >= 4 is 5.91 Å². The molecule has 2 aromatic heterocycles. The zero-order valence-corrected chi connectivity index (χ0v) is 14.9. The van der Waals surface area contributed by atoms with Crippen molar-refractivity contribution in [2.75, 3.05) is 32.8 Å². The molecule has 7 heteroatoms. The molecule has 1 amide bonds. The summed E-state index contributed by atoms with van der Waals surface area (Å²) < 4.78 is 5.03. The van der Waals surface area contributed by atoms with Gasteiger partial charge in [0.05, 0.1) is 18.2 Å². The van der Waals surface area contributed by atoms with E-state index >= 15 is 0 Å². The summed E-state index contributed by atoms with van der Waals surface area (Å²) in [5, 5.41) is 10.0. The standard InChI is InChI=1S/C19H26N4O3/c24-12-16-10-23(18(25)15-1-8-26-13-15)7-4-19(16)2-5-22(6-3-19)11-17-9-20-14-21-17/h1,8-9,13-14,16,24H,2-7,10-12H2,(H,20,21)/t16-/m0/s1. The first-order valence-corrected chi connectivity index (χ1v) is 9.32. The molecule has 0 radical (unpaired) electrons. The van der Waals surface area contributed by atoms with Gasteiger partial charge < -0.3 is 19.4 Å². The third-order valence-corrected chi connectivity index (χ3v) is 6.26. The smallest absolute Gasteiger partial charge is 0.257 e. The summed E-state index contributed by atoms with van der Waals surface area (Å²) >= 11 is 0. The zero-order chi connectivity index (χ0) is 18.0. The highest BCUT2D eigenvalue weighted by Crippen LogP contribution is 2.45. The average Bonchev–Trinajstić information content (AvgIpc) is 3.37. The fourth-order valence-corrected chi connectivity index (χ4v) is 4.54. The third-order valence-electron chi connectivity index (χ3n) is 6.26. The number of hydrogen-bond donors (Lipinski definition) is 2. The maximum absolute atomic E-state index is 12.6. The van der Waals surface area contributed by atoms with Gasteiger partial charge in [0.25, 0.3) is 5.91 Å². The van der Waals surface area contributed by atoms with Gasteiger partial charge in [-0.25, -0.2) is 4.98 Å². The molecule has 2 N–H and O–H groups in total. The van der Waals surface area contributed by atoms with Crippen LogP contribution in [0, 0.1) is 11.3 Å². The molecule has 0 aromatic carbocycles. The quantitative estimate of drug-likeness (QED) is 0.870. The van der Waals surface area contributed by atoms with Gasteiger partial charge in [-0.3, -0.25) is 9.69 Å². The fourth-order valence-electron chi connectivity index (χ4n) is 4.54. The summed E-state index contributed by atoms with van der Waals surface area (Å²) in [5.41, 5.74) is 1.87. The van der Waals surface area contributed by atoms with E-state index in [4.69, 9.17) is 4.42 Å². The van der Waals surface area contributed by atoms with Gasteiger partial charge >= 0.3 is 0 Å². The molecule has 0 bridgehead atoms. The molecule has 0 saturated carbocycles. The van der Waals surface area contributed by atoms with Crippen LogP contribution in [0.4, 0.5) is 0 Å². The number of amides is 1. The fraction of sp³-hybridized carbons (Fsp3) is 0.579. The molecular weight excluding hydrogens is 332 g/mol. The number of rotatable bonds is 4. The molecule has 140 valence electrons. The van der Waals surface area contributed by atoms with Crippen LogP contribution in [0.5, 0.6) is 0 Å². The van der Waals surface area contributed by atoms with E-state index in [1.165, 1.54) is 12.5 Å². The number of carbonyl (C=O) groups is 1. The van der Waals surface area contributed by atoms with Crippen LogP contribution in [0.25, 0.3) is 0 Å². The Bertz CT molecular complexity index is 705. The molecular formula is C19H26N4O3. The van der Waals surface area contributed by atoms with Crippen molar-refractivity contribution in [1.82, 2.24) is 19.8 Å². The summed E-state index contributed by atoms with van der Waals surface area (Å²) in [6.07, 6.45) is 9.71. The minimum absolute atomic E-state index is 0.00345. The summed E-state index contributed by atoms with van der Waals surface area (Å²) in [6.45, 7) is 4.44. The van der Waals surface area contributed by atoms with Crippen LogP contribution in [-0.2, 0) is 6.54 Å². The minimum atomic E-state index is 0.00345. The number of imidazole rings is 1. The maximum atomic E-state index is 12.6. The second-order valence-corrected chi connectivity index (χ2v) is 7.61. The number of piperidine rings is 2. The van der Waals surface area contributed by atoms with Crippen LogP contribution < -0.4 is 0 Å². The van der Waals surface area contributed by atoms with Crippen LogP contribution in [0.1, 0.15) is 35.3 Å². The van der Waals surface area contributed by atoms with Gasteiger partial charge in [-0.1, -0.05) is 0 Å². The summed E-state index contributed by atoms with van der Waals surface area (Å²) in [4.78, 5) is 24.1. The lowest BCUT2D eigenvalue weighted by atomic mass is 9.64. The normalized spacial score (nSPS) is 23.4. The highest BCUT2D eigenvalue weighted by molar-refractivity contribution is 5.93. The van der Waals surface area contributed by atoms with Crippen molar-refractivity contribution in [2.45, 2.75) is 25.8 Å². The van der Waals surface area contributed by atoms with Crippen LogP contribution in [0.3, 0.4) is 0 Å². The predicted molar refractivity (Wildman–Crippen MR) is 95.3 cm³/mol. The molecule has 1 atom stereocenters. The predicted octanol–water partition coefficient (Wildman–Crippen LogP) is 1.74. The molecule has 2 aliphatic heterocycles. The molecule has 4 heterocycles. The van der Waals surface area contributed by atoms with Gasteiger partial charge in [-0.15, -0.1) is 0 Å². The molecule has 2 fully saturated rings. The van der Waals surface area contributed by atoms with E-state index in [0.717, 1.165) is 51.1 Å². The number of aliphatic hydroxyl groups excluding tert-OH is 1. The third kappa shape index (κ3) is 3.29. The second kappa shape index (κ2) is 7.25. The van der Waals surface area contributed by atoms with Crippen molar-refractivity contribution in [2.24, 2.45) is 11.3 Å². The number of aromatic amines is 1. The Hall–Kier alpha value is -2.12. The van der Waals surface area contributed by atoms with Crippen LogP contribution >= 0.6 is 0 Å². The van der Waals surface area contributed by atoms with E-state index < -0.39 is 0 Å². The number of likely N-dealkylation sites (tertiary alicyclic amines) is 2. The number of aromatic nitrogens is 2. The Morgan fingerprint density at radius 2 is 2.15 bits per heavy atom. The van der Waals surface area contributed by atoms with Crippen molar-refractivity contribution < 1.29 is 14.3 Å². The SMILES string of the molecule is O=C(c1ccoc1)N1CCC2(CCN(Cc3cnc[nH]3)CC2)[C@H](CO)C1. The Labute approximate surface area is 153 Å². The maximum Gasteiger partial charge on any atom is 0.257 e. The average molecular weight is 358 g/mol. The topological polar surface area (TPSA) is 85.6 Å². The summed E-state index contributed by atoms with van der Waals surface area (Å²) in [6, 6.07) is 1.70. The molecule has 4 rings (SSSR count). The second-order valence-electron chi connectivity index (χ2n) is 7.61. The Kier molecular flexibility index (Phi) is 4.82. The Balaban J connectivity index is 1.38. The molecule has 2 saturated heterocycles. The van der Waals surface area contributed by atoms with Gasteiger partial charge in [-0.05, 0) is 43.8 Å². The van der Waals surface area contributed by atoms with E-state index in [0.29, 0.717) is 12.1 Å². The number of nitrogens with zero attached hydrogens (tertiary/aromatic N) is 3. The van der Waals surface area contributed by atoms with Gasteiger partial charge in [0, 0.05) is 44.0 Å². The lowest BCUT2D eigenvalue weighted by molar-refractivity contribution is -0.0366. The number of furan rings is 1. The van der Waals surface area contributed by atoms with E-state index in [1.54, 1.807) is 12.4 Å². The summed E-state index contributed by atoms with van der Waals surface area (Å²) in [7, 11) is 0. The molecule has 0 unspecified atom stereocenters. The van der Waals surface area contributed by atoms with Crippen LogP contribution in [0.15, 0.2) is 35.5 Å².